The van der Waals surface area contributed by atoms with Gasteiger partial charge < -0.3 is 10.2 Å². The van der Waals surface area contributed by atoms with Crippen LogP contribution in [0, 0.1) is 6.92 Å². The zero-order valence-corrected chi connectivity index (χ0v) is 10.9. The predicted molar refractivity (Wildman–Crippen MR) is 67.0 cm³/mol. The van der Waals surface area contributed by atoms with E-state index in [1.54, 1.807) is 11.3 Å². The number of carbonyl (C=O) groups excluding carboxylic acids is 1. The number of hydrogen-bond acceptors (Lipinski definition) is 3. The summed E-state index contributed by atoms with van der Waals surface area (Å²) < 4.78 is 0. The molecule has 1 aromatic heterocycles. The van der Waals surface area contributed by atoms with Gasteiger partial charge >= 0.3 is 0 Å². The third-order valence-electron chi connectivity index (χ3n) is 3.00. The van der Waals surface area contributed by atoms with Gasteiger partial charge in [0.2, 0.25) is 0 Å². The molecule has 0 atom stereocenters. The van der Waals surface area contributed by atoms with Crippen molar-refractivity contribution >= 4 is 17.2 Å². The van der Waals surface area contributed by atoms with Gasteiger partial charge in [-0.3, -0.25) is 4.79 Å². The number of aryl methyl sites for hydroxylation is 1. The number of amides is 1. The first-order valence-electron chi connectivity index (χ1n) is 5.60. The summed E-state index contributed by atoms with van der Waals surface area (Å²) >= 11 is 1.58. The molecule has 0 aromatic carbocycles. The largest absolute Gasteiger partial charge is 0.330 e. The molecule has 1 fully saturated rings. The highest BCUT2D eigenvalue weighted by molar-refractivity contribution is 7.13. The van der Waals surface area contributed by atoms with Gasteiger partial charge in [-0.2, -0.15) is 0 Å². The lowest BCUT2D eigenvalue weighted by Crippen LogP contribution is -2.59. The number of nitrogens with one attached hydrogen (secondary N) is 1. The van der Waals surface area contributed by atoms with E-state index in [2.05, 4.69) is 19.2 Å². The van der Waals surface area contributed by atoms with Crippen LogP contribution in [-0.2, 0) is 0 Å². The number of piperazine rings is 1. The van der Waals surface area contributed by atoms with Gasteiger partial charge in [0.25, 0.3) is 5.91 Å². The van der Waals surface area contributed by atoms with Gasteiger partial charge in [-0.15, -0.1) is 11.3 Å². The molecule has 0 saturated carbocycles. The monoisotopic (exact) mass is 238 g/mol. The Morgan fingerprint density at radius 3 is 2.81 bits per heavy atom. The highest BCUT2D eigenvalue weighted by Crippen LogP contribution is 2.23. The third kappa shape index (κ3) is 2.13. The van der Waals surface area contributed by atoms with Gasteiger partial charge in [0, 0.05) is 24.5 Å². The molecule has 0 bridgehead atoms. The number of hydrogen-bond donors (Lipinski definition) is 1. The van der Waals surface area contributed by atoms with Crippen molar-refractivity contribution in [2.45, 2.75) is 26.3 Å². The van der Waals surface area contributed by atoms with Crippen LogP contribution in [0.5, 0.6) is 0 Å². The standard InChI is InChI=1S/C12H18N2OS/c1-9-4-5-10(16-9)11(15)14-7-6-13-8-12(14,2)3/h4-5,13H,6-8H2,1-3H3. The van der Waals surface area contributed by atoms with Gasteiger partial charge in [0.1, 0.15) is 0 Å². The van der Waals surface area contributed by atoms with Crippen LogP contribution in [0.3, 0.4) is 0 Å². The average molecular weight is 238 g/mol. The summed E-state index contributed by atoms with van der Waals surface area (Å²) in [5.74, 6) is 0.171. The Hall–Kier alpha value is -0.870. The van der Waals surface area contributed by atoms with Gasteiger partial charge in [-0.25, -0.2) is 0 Å². The lowest BCUT2D eigenvalue weighted by atomic mass is 10.00. The summed E-state index contributed by atoms with van der Waals surface area (Å²) in [6, 6.07) is 3.94. The highest BCUT2D eigenvalue weighted by atomic mass is 32.1. The van der Waals surface area contributed by atoms with Crippen LogP contribution in [0.15, 0.2) is 12.1 Å². The molecule has 1 saturated heterocycles. The Morgan fingerprint density at radius 1 is 1.50 bits per heavy atom. The number of rotatable bonds is 1. The Balaban J connectivity index is 2.20. The molecule has 0 spiro atoms. The fourth-order valence-corrected chi connectivity index (χ4v) is 2.86. The summed E-state index contributed by atoms with van der Waals surface area (Å²) in [5.41, 5.74) is -0.0901. The van der Waals surface area contributed by atoms with E-state index in [0.29, 0.717) is 0 Å². The van der Waals surface area contributed by atoms with Crippen molar-refractivity contribution in [3.05, 3.63) is 21.9 Å². The Morgan fingerprint density at radius 2 is 2.25 bits per heavy atom. The molecule has 0 aliphatic carbocycles. The van der Waals surface area contributed by atoms with E-state index >= 15 is 0 Å². The van der Waals surface area contributed by atoms with Gasteiger partial charge in [0.05, 0.1) is 10.4 Å². The maximum Gasteiger partial charge on any atom is 0.264 e. The summed E-state index contributed by atoms with van der Waals surface area (Å²) in [5, 5.41) is 3.33. The van der Waals surface area contributed by atoms with Crippen molar-refractivity contribution in [2.24, 2.45) is 0 Å². The van der Waals surface area contributed by atoms with E-state index in [0.717, 1.165) is 24.5 Å². The van der Waals surface area contributed by atoms with Crippen molar-refractivity contribution in [2.75, 3.05) is 19.6 Å². The molecule has 2 rings (SSSR count). The molecule has 1 amide bonds. The molecule has 88 valence electrons. The predicted octanol–water partition coefficient (Wildman–Crippen LogP) is 1.88. The Labute approximate surface area is 100 Å². The molecule has 3 nitrogen and oxygen atoms in total. The SMILES string of the molecule is Cc1ccc(C(=O)N2CCNCC2(C)C)s1. The van der Waals surface area contributed by atoms with Crippen LogP contribution in [0.25, 0.3) is 0 Å². The molecule has 1 aromatic rings. The smallest absolute Gasteiger partial charge is 0.264 e. The molecule has 1 N–H and O–H groups in total. The third-order valence-corrected chi connectivity index (χ3v) is 3.99. The van der Waals surface area contributed by atoms with Crippen molar-refractivity contribution < 1.29 is 4.79 Å². The number of carbonyl (C=O) groups is 1. The van der Waals surface area contributed by atoms with E-state index < -0.39 is 0 Å². The molecule has 1 aliphatic rings. The maximum atomic E-state index is 12.3. The van der Waals surface area contributed by atoms with Crippen molar-refractivity contribution in [3.63, 3.8) is 0 Å². The van der Waals surface area contributed by atoms with E-state index in [4.69, 9.17) is 0 Å². The summed E-state index contributed by atoms with van der Waals surface area (Å²) in [7, 11) is 0. The van der Waals surface area contributed by atoms with Gasteiger partial charge in [0.15, 0.2) is 0 Å². The van der Waals surface area contributed by atoms with Gasteiger partial charge in [-0.1, -0.05) is 0 Å². The van der Waals surface area contributed by atoms with E-state index in [-0.39, 0.29) is 11.4 Å². The van der Waals surface area contributed by atoms with Crippen LogP contribution >= 0.6 is 11.3 Å². The zero-order valence-electron chi connectivity index (χ0n) is 10.0. The molecule has 16 heavy (non-hydrogen) atoms. The first kappa shape index (κ1) is 11.6. The minimum atomic E-state index is -0.0901. The topological polar surface area (TPSA) is 32.3 Å². The number of nitrogens with zero attached hydrogens (tertiary/aromatic N) is 1. The van der Waals surface area contributed by atoms with Crippen LogP contribution in [0.1, 0.15) is 28.4 Å². The van der Waals surface area contributed by atoms with Gasteiger partial charge in [-0.05, 0) is 32.9 Å². The quantitative estimate of drug-likeness (QED) is 0.810. The maximum absolute atomic E-state index is 12.3. The fraction of sp³-hybridized carbons (Fsp3) is 0.583. The molecular formula is C12H18N2OS. The molecular weight excluding hydrogens is 220 g/mol. The van der Waals surface area contributed by atoms with Crippen LogP contribution in [0.2, 0.25) is 0 Å². The van der Waals surface area contributed by atoms with Crippen LogP contribution in [0.4, 0.5) is 0 Å². The second-order valence-electron chi connectivity index (χ2n) is 4.86. The lowest BCUT2D eigenvalue weighted by Gasteiger charge is -2.42. The second kappa shape index (κ2) is 4.18. The summed E-state index contributed by atoms with van der Waals surface area (Å²) in [6.45, 7) is 8.80. The minimum Gasteiger partial charge on any atom is -0.330 e. The fourth-order valence-electron chi connectivity index (χ4n) is 2.04. The highest BCUT2D eigenvalue weighted by Gasteiger charge is 2.34. The van der Waals surface area contributed by atoms with Crippen molar-refractivity contribution in [3.8, 4) is 0 Å². The second-order valence-corrected chi connectivity index (χ2v) is 6.14. The minimum absolute atomic E-state index is 0.0901. The molecule has 4 heteroatoms. The molecule has 2 heterocycles. The lowest BCUT2D eigenvalue weighted by molar-refractivity contribution is 0.0482. The van der Waals surface area contributed by atoms with Crippen molar-refractivity contribution in [1.29, 1.82) is 0 Å². The van der Waals surface area contributed by atoms with Crippen molar-refractivity contribution in [1.82, 2.24) is 10.2 Å². The summed E-state index contributed by atoms with van der Waals surface area (Å²) in [4.78, 5) is 16.4. The Bertz CT molecular complexity index is 397. The van der Waals surface area contributed by atoms with E-state index in [9.17, 15) is 4.79 Å². The first-order valence-corrected chi connectivity index (χ1v) is 6.41. The Kier molecular flexibility index (Phi) is 3.04. The first-order chi connectivity index (χ1) is 7.50. The van der Waals surface area contributed by atoms with Crippen LogP contribution < -0.4 is 5.32 Å². The van der Waals surface area contributed by atoms with E-state index in [1.807, 2.05) is 24.0 Å². The number of thiophene rings is 1. The zero-order chi connectivity index (χ0) is 11.8. The average Bonchev–Trinajstić information content (AvgIpc) is 2.63. The van der Waals surface area contributed by atoms with E-state index in [1.165, 1.54) is 4.88 Å². The summed E-state index contributed by atoms with van der Waals surface area (Å²) in [6.07, 6.45) is 0. The molecule has 0 unspecified atom stereocenters. The normalized spacial score (nSPS) is 19.8. The van der Waals surface area contributed by atoms with Crippen LogP contribution in [-0.4, -0.2) is 36.0 Å². The molecule has 0 radical (unpaired) electrons. The molecule has 1 aliphatic heterocycles.